The van der Waals surface area contributed by atoms with Gasteiger partial charge in [-0.3, -0.25) is 0 Å². The molecule has 2 fully saturated rings. The van der Waals surface area contributed by atoms with Gasteiger partial charge in [-0.05, 0) is 38.5 Å². The molecule has 0 aliphatic carbocycles. The molecule has 0 saturated carbocycles. The lowest BCUT2D eigenvalue weighted by Crippen LogP contribution is -2.42. The quantitative estimate of drug-likeness (QED) is 0.892. The number of carbonyl (C=O) groups is 1. The molecule has 3 rings (SSSR count). The van der Waals surface area contributed by atoms with Crippen LogP contribution in [0.1, 0.15) is 39.5 Å². The molecule has 0 bridgehead atoms. The molecule has 0 aromatic carbocycles. The minimum Gasteiger partial charge on any atom is -0.450 e. The average molecular weight is 348 g/mol. The molecule has 2 saturated heterocycles. The van der Waals surface area contributed by atoms with Crippen molar-refractivity contribution < 1.29 is 9.53 Å². The first-order valence-corrected chi connectivity index (χ1v) is 9.28. The van der Waals surface area contributed by atoms with Crippen molar-refractivity contribution in [2.75, 3.05) is 43.0 Å². The number of hydrogen-bond acceptors (Lipinski definition) is 7. The van der Waals surface area contributed by atoms with Gasteiger partial charge in [0, 0.05) is 32.2 Å². The van der Waals surface area contributed by atoms with Crippen molar-refractivity contribution in [2.24, 2.45) is 5.92 Å². The van der Waals surface area contributed by atoms with Crippen LogP contribution in [-0.2, 0) is 4.74 Å². The molecule has 1 N–H and O–H groups in total. The molecule has 0 unspecified atom stereocenters. The molecular formula is C17H28N6O2. The fourth-order valence-electron chi connectivity index (χ4n) is 3.34. The summed E-state index contributed by atoms with van der Waals surface area (Å²) in [6.07, 6.45) is 5.55. The van der Waals surface area contributed by atoms with Crippen LogP contribution in [0.15, 0.2) is 6.20 Å². The number of piperidine rings is 2. The van der Waals surface area contributed by atoms with Gasteiger partial charge >= 0.3 is 6.09 Å². The first-order chi connectivity index (χ1) is 12.2. The lowest BCUT2D eigenvalue weighted by molar-refractivity contribution is 0.0983. The molecule has 2 aliphatic heterocycles. The molecule has 0 radical (unpaired) electrons. The highest BCUT2D eigenvalue weighted by Crippen LogP contribution is 2.21. The highest BCUT2D eigenvalue weighted by Gasteiger charge is 2.24. The van der Waals surface area contributed by atoms with Crippen LogP contribution < -0.4 is 10.2 Å². The molecule has 1 aromatic heterocycles. The maximum absolute atomic E-state index is 11.8. The van der Waals surface area contributed by atoms with Crippen LogP contribution >= 0.6 is 0 Å². The van der Waals surface area contributed by atoms with Crippen molar-refractivity contribution in [1.82, 2.24) is 20.1 Å². The summed E-state index contributed by atoms with van der Waals surface area (Å²) in [7, 11) is 0. The van der Waals surface area contributed by atoms with Crippen molar-refractivity contribution >= 4 is 17.9 Å². The van der Waals surface area contributed by atoms with Gasteiger partial charge < -0.3 is 19.9 Å². The number of amides is 1. The van der Waals surface area contributed by atoms with Crippen molar-refractivity contribution in [2.45, 2.75) is 45.6 Å². The summed E-state index contributed by atoms with van der Waals surface area (Å²) in [4.78, 5) is 20.4. The van der Waals surface area contributed by atoms with E-state index in [0.717, 1.165) is 37.7 Å². The zero-order valence-electron chi connectivity index (χ0n) is 15.1. The molecule has 138 valence electrons. The smallest absolute Gasteiger partial charge is 0.409 e. The monoisotopic (exact) mass is 348 g/mol. The minimum absolute atomic E-state index is 0.216. The average Bonchev–Trinajstić information content (AvgIpc) is 2.63. The number of hydrogen-bond donors (Lipinski definition) is 1. The first kappa shape index (κ1) is 17.7. The van der Waals surface area contributed by atoms with E-state index in [1.54, 1.807) is 11.1 Å². The Morgan fingerprint density at radius 3 is 2.64 bits per heavy atom. The second-order valence-corrected chi connectivity index (χ2v) is 6.92. The van der Waals surface area contributed by atoms with Crippen LogP contribution in [0.25, 0.3) is 0 Å². The Kier molecular flexibility index (Phi) is 5.88. The molecule has 0 atom stereocenters. The number of aromatic nitrogens is 3. The van der Waals surface area contributed by atoms with Gasteiger partial charge in [-0.15, -0.1) is 5.10 Å². The van der Waals surface area contributed by atoms with E-state index in [2.05, 4.69) is 32.3 Å². The van der Waals surface area contributed by atoms with Crippen LogP contribution in [0.3, 0.4) is 0 Å². The van der Waals surface area contributed by atoms with E-state index in [0.29, 0.717) is 25.6 Å². The topological polar surface area (TPSA) is 83.5 Å². The molecule has 1 amide bonds. The molecule has 8 heteroatoms. The number of ether oxygens (including phenoxy) is 1. The predicted octanol–water partition coefficient (Wildman–Crippen LogP) is 2.14. The third kappa shape index (κ3) is 4.70. The van der Waals surface area contributed by atoms with E-state index in [1.165, 1.54) is 12.8 Å². The van der Waals surface area contributed by atoms with Crippen LogP contribution in [0, 0.1) is 5.92 Å². The largest absolute Gasteiger partial charge is 0.450 e. The lowest BCUT2D eigenvalue weighted by Gasteiger charge is -2.32. The third-order valence-electron chi connectivity index (χ3n) is 4.99. The highest BCUT2D eigenvalue weighted by molar-refractivity contribution is 5.67. The highest BCUT2D eigenvalue weighted by atomic mass is 16.6. The van der Waals surface area contributed by atoms with Crippen molar-refractivity contribution in [3.63, 3.8) is 0 Å². The Morgan fingerprint density at radius 2 is 1.96 bits per heavy atom. The second-order valence-electron chi connectivity index (χ2n) is 6.92. The van der Waals surface area contributed by atoms with Crippen molar-refractivity contribution in [3.05, 3.63) is 6.20 Å². The van der Waals surface area contributed by atoms with Crippen molar-refractivity contribution in [3.8, 4) is 0 Å². The maximum atomic E-state index is 11.8. The predicted molar refractivity (Wildman–Crippen MR) is 95.7 cm³/mol. The van der Waals surface area contributed by atoms with Crippen LogP contribution in [0.2, 0.25) is 0 Å². The molecular weight excluding hydrogens is 320 g/mol. The molecule has 2 aliphatic rings. The standard InChI is InChI=1S/C17H28N6O2/c1-3-25-17(24)23-10-6-14(7-11-23)19-15-12-18-21-16(20-15)22-8-4-13(2)5-9-22/h12-14H,3-11H2,1-2H3,(H,19,20,21). The fraction of sp³-hybridized carbons (Fsp3) is 0.765. The summed E-state index contributed by atoms with van der Waals surface area (Å²) in [5.74, 6) is 2.24. The van der Waals surface area contributed by atoms with Gasteiger partial charge in [0.2, 0.25) is 5.95 Å². The summed E-state index contributed by atoms with van der Waals surface area (Å²) < 4.78 is 5.06. The Balaban J connectivity index is 1.52. The summed E-state index contributed by atoms with van der Waals surface area (Å²) in [5.41, 5.74) is 0. The van der Waals surface area contributed by atoms with Crippen molar-refractivity contribution in [1.29, 1.82) is 0 Å². The van der Waals surface area contributed by atoms with E-state index >= 15 is 0 Å². The van der Waals surface area contributed by atoms with E-state index in [1.807, 2.05) is 6.92 Å². The fourth-order valence-corrected chi connectivity index (χ4v) is 3.34. The third-order valence-corrected chi connectivity index (χ3v) is 4.99. The van der Waals surface area contributed by atoms with Gasteiger partial charge in [-0.25, -0.2) is 4.79 Å². The number of likely N-dealkylation sites (tertiary alicyclic amines) is 1. The van der Waals surface area contributed by atoms with Gasteiger partial charge in [0.1, 0.15) is 0 Å². The number of carbonyl (C=O) groups excluding carboxylic acids is 1. The van der Waals surface area contributed by atoms with E-state index in [9.17, 15) is 4.79 Å². The molecule has 8 nitrogen and oxygen atoms in total. The molecule has 25 heavy (non-hydrogen) atoms. The Hall–Kier alpha value is -2.12. The number of nitrogens with zero attached hydrogens (tertiary/aromatic N) is 5. The van der Waals surface area contributed by atoms with Gasteiger partial charge in [0.25, 0.3) is 0 Å². The summed E-state index contributed by atoms with van der Waals surface area (Å²) >= 11 is 0. The molecule has 3 heterocycles. The van der Waals surface area contributed by atoms with Gasteiger partial charge in [0.05, 0.1) is 12.8 Å². The normalized spacial score (nSPS) is 19.8. The first-order valence-electron chi connectivity index (χ1n) is 9.28. The van der Waals surface area contributed by atoms with Gasteiger partial charge in [-0.1, -0.05) is 6.92 Å². The van der Waals surface area contributed by atoms with E-state index in [4.69, 9.17) is 4.74 Å². The summed E-state index contributed by atoms with van der Waals surface area (Å²) in [5, 5.41) is 11.7. The number of nitrogens with one attached hydrogen (secondary N) is 1. The lowest BCUT2D eigenvalue weighted by atomic mass is 10.00. The Labute approximate surface area is 149 Å². The summed E-state index contributed by atoms with van der Waals surface area (Å²) in [6, 6.07) is 0.289. The summed E-state index contributed by atoms with van der Waals surface area (Å²) in [6.45, 7) is 7.92. The molecule has 1 aromatic rings. The van der Waals surface area contributed by atoms with Gasteiger partial charge in [0.15, 0.2) is 5.82 Å². The molecule has 0 spiro atoms. The number of rotatable bonds is 4. The zero-order chi connectivity index (χ0) is 17.6. The second kappa shape index (κ2) is 8.31. The minimum atomic E-state index is -0.216. The van der Waals surface area contributed by atoms with E-state index < -0.39 is 0 Å². The van der Waals surface area contributed by atoms with Crippen LogP contribution in [0.5, 0.6) is 0 Å². The maximum Gasteiger partial charge on any atom is 0.409 e. The Bertz CT molecular complexity index is 568. The SMILES string of the molecule is CCOC(=O)N1CCC(Nc2cnnc(N3CCC(C)CC3)n2)CC1. The Morgan fingerprint density at radius 1 is 1.24 bits per heavy atom. The van der Waals surface area contributed by atoms with Crippen LogP contribution in [0.4, 0.5) is 16.6 Å². The van der Waals surface area contributed by atoms with Crippen LogP contribution in [-0.4, -0.2) is 65.0 Å². The van der Waals surface area contributed by atoms with E-state index in [-0.39, 0.29) is 12.1 Å². The van der Waals surface area contributed by atoms with Gasteiger partial charge in [-0.2, -0.15) is 10.1 Å². The zero-order valence-corrected chi connectivity index (χ0v) is 15.1. The number of anilines is 2.